The fourth-order valence-electron chi connectivity index (χ4n) is 2.43. The Labute approximate surface area is 121 Å². The van der Waals surface area contributed by atoms with Gasteiger partial charge in [-0.15, -0.1) is 0 Å². The molecule has 5 nitrogen and oxygen atoms in total. The van der Waals surface area contributed by atoms with Gasteiger partial charge in [-0.25, -0.2) is 4.68 Å². The highest BCUT2D eigenvalue weighted by molar-refractivity contribution is 5.41. The lowest BCUT2D eigenvalue weighted by Gasteiger charge is -2.18. The molecule has 1 aromatic heterocycles. The first-order valence-electron chi connectivity index (χ1n) is 7.63. The van der Waals surface area contributed by atoms with Gasteiger partial charge in [-0.2, -0.15) is 5.10 Å². The van der Waals surface area contributed by atoms with Gasteiger partial charge in [-0.3, -0.25) is 4.79 Å². The monoisotopic (exact) mass is 278 g/mol. The van der Waals surface area contributed by atoms with Crippen molar-refractivity contribution >= 4 is 5.69 Å². The minimum atomic E-state index is -0.0219. The van der Waals surface area contributed by atoms with Crippen LogP contribution in [0.2, 0.25) is 0 Å². The van der Waals surface area contributed by atoms with Crippen LogP contribution in [0.4, 0.5) is 5.69 Å². The van der Waals surface area contributed by atoms with Crippen molar-refractivity contribution in [3.63, 3.8) is 0 Å². The number of hydrogen-bond donors (Lipinski definition) is 1. The van der Waals surface area contributed by atoms with Gasteiger partial charge >= 0.3 is 0 Å². The van der Waals surface area contributed by atoms with E-state index < -0.39 is 0 Å². The van der Waals surface area contributed by atoms with Crippen molar-refractivity contribution in [2.75, 3.05) is 25.0 Å². The number of nitrogens with zero attached hydrogens (tertiary/aromatic N) is 3. The maximum absolute atomic E-state index is 12.0. The van der Waals surface area contributed by atoms with E-state index >= 15 is 0 Å². The number of rotatable bonds is 8. The Morgan fingerprint density at radius 1 is 1.55 bits per heavy atom. The van der Waals surface area contributed by atoms with Gasteiger partial charge in [0.25, 0.3) is 5.56 Å². The van der Waals surface area contributed by atoms with Gasteiger partial charge in [0, 0.05) is 32.2 Å². The second-order valence-electron chi connectivity index (χ2n) is 5.78. The second kappa shape index (κ2) is 6.88. The Bertz CT molecular complexity index is 481. The van der Waals surface area contributed by atoms with E-state index in [9.17, 15) is 4.79 Å². The molecule has 0 spiro atoms. The van der Waals surface area contributed by atoms with Gasteiger partial charge in [0.05, 0.1) is 18.4 Å². The molecule has 1 unspecified atom stereocenters. The Morgan fingerprint density at radius 3 is 2.90 bits per heavy atom. The van der Waals surface area contributed by atoms with Crippen molar-refractivity contribution < 1.29 is 0 Å². The molecule has 20 heavy (non-hydrogen) atoms. The van der Waals surface area contributed by atoms with Crippen LogP contribution < -0.4 is 15.8 Å². The molecule has 1 heterocycles. The third kappa shape index (κ3) is 4.07. The summed E-state index contributed by atoms with van der Waals surface area (Å²) in [6, 6.07) is 2.23. The Hall–Kier alpha value is -1.36. The highest BCUT2D eigenvalue weighted by Gasteiger charge is 2.27. The minimum absolute atomic E-state index is 0.0219. The summed E-state index contributed by atoms with van der Waals surface area (Å²) in [4.78, 5) is 14.1. The van der Waals surface area contributed by atoms with Crippen molar-refractivity contribution in [3.05, 3.63) is 22.6 Å². The maximum Gasteiger partial charge on any atom is 0.268 e. The SMILES string of the molecule is CCCN(C)c1cnn(CCNC(C)C2CC2)c(=O)c1. The molecular formula is C15H26N4O. The van der Waals surface area contributed by atoms with Gasteiger partial charge in [-0.1, -0.05) is 6.92 Å². The van der Waals surface area contributed by atoms with Crippen molar-refractivity contribution in [3.8, 4) is 0 Å². The molecule has 1 N–H and O–H groups in total. The van der Waals surface area contributed by atoms with E-state index in [4.69, 9.17) is 0 Å². The molecule has 1 aromatic rings. The van der Waals surface area contributed by atoms with Gasteiger partial charge < -0.3 is 10.2 Å². The lowest BCUT2D eigenvalue weighted by Crippen LogP contribution is -2.34. The number of aromatic nitrogens is 2. The smallest absolute Gasteiger partial charge is 0.268 e. The normalized spacial score (nSPS) is 16.1. The maximum atomic E-state index is 12.0. The number of hydrogen-bond acceptors (Lipinski definition) is 4. The molecule has 112 valence electrons. The summed E-state index contributed by atoms with van der Waals surface area (Å²) >= 11 is 0. The molecule has 0 bridgehead atoms. The van der Waals surface area contributed by atoms with Crippen molar-refractivity contribution in [2.24, 2.45) is 5.92 Å². The fraction of sp³-hybridized carbons (Fsp3) is 0.733. The zero-order chi connectivity index (χ0) is 14.5. The Balaban J connectivity index is 1.87. The first-order valence-corrected chi connectivity index (χ1v) is 7.63. The molecule has 0 saturated heterocycles. The van der Waals surface area contributed by atoms with Crippen molar-refractivity contribution in [1.82, 2.24) is 15.1 Å². The van der Waals surface area contributed by atoms with Crippen molar-refractivity contribution in [2.45, 2.75) is 45.7 Å². The van der Waals surface area contributed by atoms with Crippen LogP contribution in [0.1, 0.15) is 33.1 Å². The van der Waals surface area contributed by atoms with Crippen LogP contribution in [0.3, 0.4) is 0 Å². The highest BCUT2D eigenvalue weighted by atomic mass is 16.1. The molecule has 0 amide bonds. The third-order valence-electron chi connectivity index (χ3n) is 3.97. The second-order valence-corrected chi connectivity index (χ2v) is 5.78. The molecule has 5 heteroatoms. The summed E-state index contributed by atoms with van der Waals surface area (Å²) in [5.74, 6) is 0.838. The first kappa shape index (κ1) is 15.0. The highest BCUT2D eigenvalue weighted by Crippen LogP contribution is 2.32. The van der Waals surface area contributed by atoms with Gasteiger partial charge in [0.2, 0.25) is 0 Å². The molecular weight excluding hydrogens is 252 g/mol. The standard InChI is InChI=1S/C15H26N4O/c1-4-8-18(3)14-10-15(20)19(17-11-14)9-7-16-12(2)13-5-6-13/h10-13,16H,4-9H2,1-3H3. The van der Waals surface area contributed by atoms with Crippen LogP contribution in [0.15, 0.2) is 17.1 Å². The number of nitrogens with one attached hydrogen (secondary N) is 1. The van der Waals surface area contributed by atoms with Crippen LogP contribution in [-0.4, -0.2) is 36.0 Å². The van der Waals surface area contributed by atoms with Gasteiger partial charge in [-0.05, 0) is 32.1 Å². The molecule has 1 aliphatic carbocycles. The van der Waals surface area contributed by atoms with Crippen LogP contribution in [0.5, 0.6) is 0 Å². The average molecular weight is 278 g/mol. The van der Waals surface area contributed by atoms with Crippen LogP contribution >= 0.6 is 0 Å². The summed E-state index contributed by atoms with van der Waals surface area (Å²) in [5, 5.41) is 7.73. The van der Waals surface area contributed by atoms with E-state index in [1.165, 1.54) is 17.5 Å². The fourth-order valence-corrected chi connectivity index (χ4v) is 2.43. The quantitative estimate of drug-likeness (QED) is 0.782. The summed E-state index contributed by atoms with van der Waals surface area (Å²) in [5.41, 5.74) is 0.874. The largest absolute Gasteiger partial charge is 0.373 e. The van der Waals surface area contributed by atoms with E-state index in [0.717, 1.165) is 31.1 Å². The zero-order valence-corrected chi connectivity index (χ0v) is 12.8. The van der Waals surface area contributed by atoms with Crippen LogP contribution in [0, 0.1) is 5.92 Å². The van der Waals surface area contributed by atoms with E-state index in [1.807, 2.05) is 7.05 Å². The molecule has 0 aliphatic heterocycles. The molecule has 1 fully saturated rings. The molecule has 0 aromatic carbocycles. The van der Waals surface area contributed by atoms with Crippen LogP contribution in [0.25, 0.3) is 0 Å². The summed E-state index contributed by atoms with van der Waals surface area (Å²) < 4.78 is 1.54. The van der Waals surface area contributed by atoms with E-state index in [0.29, 0.717) is 12.6 Å². The Kier molecular flexibility index (Phi) is 5.17. The van der Waals surface area contributed by atoms with Crippen molar-refractivity contribution in [1.29, 1.82) is 0 Å². The first-order chi connectivity index (χ1) is 9.61. The van der Waals surface area contributed by atoms with E-state index in [1.54, 1.807) is 12.3 Å². The Morgan fingerprint density at radius 2 is 2.30 bits per heavy atom. The minimum Gasteiger partial charge on any atom is -0.373 e. The lowest BCUT2D eigenvalue weighted by molar-refractivity contribution is 0.455. The average Bonchev–Trinajstić information content (AvgIpc) is 3.25. The molecule has 0 radical (unpaired) electrons. The molecule has 1 atom stereocenters. The van der Waals surface area contributed by atoms with Gasteiger partial charge in [0.1, 0.15) is 0 Å². The van der Waals surface area contributed by atoms with E-state index in [-0.39, 0.29) is 5.56 Å². The van der Waals surface area contributed by atoms with E-state index in [2.05, 4.69) is 29.2 Å². The lowest BCUT2D eigenvalue weighted by atomic mass is 10.2. The topological polar surface area (TPSA) is 50.2 Å². The van der Waals surface area contributed by atoms with Crippen LogP contribution in [-0.2, 0) is 6.54 Å². The predicted molar refractivity (Wildman–Crippen MR) is 82.2 cm³/mol. The van der Waals surface area contributed by atoms with Gasteiger partial charge in [0.15, 0.2) is 0 Å². The zero-order valence-electron chi connectivity index (χ0n) is 12.8. The summed E-state index contributed by atoms with van der Waals surface area (Å²) in [7, 11) is 1.99. The number of anilines is 1. The molecule has 1 saturated carbocycles. The molecule has 1 aliphatic rings. The summed E-state index contributed by atoms with van der Waals surface area (Å²) in [6.45, 7) is 6.71. The predicted octanol–water partition coefficient (Wildman–Crippen LogP) is 1.48. The summed E-state index contributed by atoms with van der Waals surface area (Å²) in [6.07, 6.45) is 5.51. The molecule has 2 rings (SSSR count). The third-order valence-corrected chi connectivity index (χ3v) is 3.97.